The average Bonchev–Trinajstić information content (AvgIpc) is 2.79. The van der Waals surface area contributed by atoms with Gasteiger partial charge in [-0.3, -0.25) is 4.90 Å². The van der Waals surface area contributed by atoms with Crippen LogP contribution in [-0.4, -0.2) is 40.8 Å². The highest BCUT2D eigenvalue weighted by Gasteiger charge is 2.17. The lowest BCUT2D eigenvalue weighted by Crippen LogP contribution is -2.29. The molecule has 15 heavy (non-hydrogen) atoms. The highest BCUT2D eigenvalue weighted by molar-refractivity contribution is 4.90. The minimum atomic E-state index is 0.426. The minimum Gasteiger partial charge on any atom is -0.377 e. The van der Waals surface area contributed by atoms with Crippen LogP contribution in [0.15, 0.2) is 12.4 Å². The van der Waals surface area contributed by atoms with Gasteiger partial charge in [-0.25, -0.2) is 4.98 Å². The number of nitrogens with zero attached hydrogens (tertiary/aromatic N) is 3. The topological polar surface area (TPSA) is 30.3 Å². The number of hydrogen-bond acceptors (Lipinski definition) is 3. The molecule has 0 aliphatic carbocycles. The van der Waals surface area contributed by atoms with E-state index in [1.165, 1.54) is 12.8 Å². The fraction of sp³-hybridized carbons (Fsp3) is 0.727. The summed E-state index contributed by atoms with van der Waals surface area (Å²) in [5.41, 5.74) is 0. The highest BCUT2D eigenvalue weighted by Crippen LogP contribution is 2.13. The first-order valence-corrected chi connectivity index (χ1v) is 5.52. The largest absolute Gasteiger partial charge is 0.377 e. The van der Waals surface area contributed by atoms with Crippen LogP contribution in [0.25, 0.3) is 0 Å². The molecular formula is C11H19N3O. The van der Waals surface area contributed by atoms with Gasteiger partial charge in [0.15, 0.2) is 0 Å². The van der Waals surface area contributed by atoms with Gasteiger partial charge in [-0.05, 0) is 19.9 Å². The average molecular weight is 209 g/mol. The number of imidazole rings is 1. The Morgan fingerprint density at radius 1 is 1.67 bits per heavy atom. The maximum Gasteiger partial charge on any atom is 0.122 e. The number of aromatic nitrogens is 2. The van der Waals surface area contributed by atoms with E-state index in [1.54, 1.807) is 0 Å². The van der Waals surface area contributed by atoms with Gasteiger partial charge in [0.2, 0.25) is 0 Å². The van der Waals surface area contributed by atoms with Gasteiger partial charge in [0.25, 0.3) is 0 Å². The van der Waals surface area contributed by atoms with Gasteiger partial charge in [0.1, 0.15) is 5.82 Å². The predicted octanol–water partition coefficient (Wildman–Crippen LogP) is 1.03. The lowest BCUT2D eigenvalue weighted by molar-refractivity contribution is 0.0784. The molecule has 0 saturated carbocycles. The summed E-state index contributed by atoms with van der Waals surface area (Å²) in [5, 5.41) is 0. The summed E-state index contributed by atoms with van der Waals surface area (Å²) < 4.78 is 7.67. The van der Waals surface area contributed by atoms with Crippen LogP contribution < -0.4 is 0 Å². The second-order valence-corrected chi connectivity index (χ2v) is 4.29. The maximum atomic E-state index is 5.60. The molecule has 1 aromatic heterocycles. The maximum absolute atomic E-state index is 5.60. The molecular weight excluding hydrogens is 190 g/mol. The second kappa shape index (κ2) is 4.77. The number of hydrogen-bond donors (Lipinski definition) is 0. The predicted molar refractivity (Wildman–Crippen MR) is 58.5 cm³/mol. The zero-order chi connectivity index (χ0) is 10.7. The van der Waals surface area contributed by atoms with Crippen molar-refractivity contribution in [1.29, 1.82) is 0 Å². The van der Waals surface area contributed by atoms with Crippen LogP contribution in [0.3, 0.4) is 0 Å². The zero-order valence-electron chi connectivity index (χ0n) is 9.52. The standard InChI is InChI=1S/C11H19N3O/c1-13(8-10-4-3-7-15-10)9-11-12-5-6-14(11)2/h5-6,10H,3-4,7-9H2,1-2H3. The highest BCUT2D eigenvalue weighted by atomic mass is 16.5. The van der Waals surface area contributed by atoms with E-state index in [9.17, 15) is 0 Å². The normalized spacial score (nSPS) is 21.4. The molecule has 1 fully saturated rings. The molecule has 0 bridgehead atoms. The number of ether oxygens (including phenoxy) is 1. The molecule has 1 aromatic rings. The molecule has 0 aromatic carbocycles. The van der Waals surface area contributed by atoms with Crippen molar-refractivity contribution in [3.8, 4) is 0 Å². The van der Waals surface area contributed by atoms with Crippen LogP contribution in [0.2, 0.25) is 0 Å². The van der Waals surface area contributed by atoms with Gasteiger partial charge in [-0.1, -0.05) is 0 Å². The van der Waals surface area contributed by atoms with Gasteiger partial charge in [-0.15, -0.1) is 0 Å². The van der Waals surface area contributed by atoms with Crippen molar-refractivity contribution in [3.05, 3.63) is 18.2 Å². The van der Waals surface area contributed by atoms with Crippen LogP contribution >= 0.6 is 0 Å². The van der Waals surface area contributed by atoms with Crippen molar-refractivity contribution in [3.63, 3.8) is 0 Å². The van der Waals surface area contributed by atoms with Crippen molar-refractivity contribution in [2.45, 2.75) is 25.5 Å². The molecule has 4 nitrogen and oxygen atoms in total. The van der Waals surface area contributed by atoms with E-state index in [2.05, 4.69) is 21.5 Å². The van der Waals surface area contributed by atoms with Gasteiger partial charge < -0.3 is 9.30 Å². The van der Waals surface area contributed by atoms with E-state index < -0.39 is 0 Å². The SMILES string of the molecule is CN(Cc1nccn1C)CC1CCCO1. The van der Waals surface area contributed by atoms with Crippen molar-refractivity contribution >= 4 is 0 Å². The molecule has 84 valence electrons. The Hall–Kier alpha value is -0.870. The van der Waals surface area contributed by atoms with Crippen LogP contribution in [0.4, 0.5) is 0 Å². The van der Waals surface area contributed by atoms with E-state index in [0.717, 1.165) is 25.5 Å². The third kappa shape index (κ3) is 2.79. The van der Waals surface area contributed by atoms with Crippen molar-refractivity contribution < 1.29 is 4.74 Å². The van der Waals surface area contributed by atoms with Crippen LogP contribution in [0, 0.1) is 0 Å². The first-order chi connectivity index (χ1) is 7.25. The van der Waals surface area contributed by atoms with Crippen molar-refractivity contribution in [2.75, 3.05) is 20.2 Å². The Kier molecular flexibility index (Phi) is 3.38. The van der Waals surface area contributed by atoms with Crippen LogP contribution in [0.1, 0.15) is 18.7 Å². The summed E-state index contributed by atoms with van der Waals surface area (Å²) in [4.78, 5) is 6.59. The fourth-order valence-electron chi connectivity index (χ4n) is 1.99. The lowest BCUT2D eigenvalue weighted by atomic mass is 10.2. The Labute approximate surface area is 90.9 Å². The van der Waals surface area contributed by atoms with E-state index in [1.807, 2.05) is 19.4 Å². The summed E-state index contributed by atoms with van der Waals surface area (Å²) in [7, 11) is 4.15. The molecule has 1 saturated heterocycles. The molecule has 1 unspecified atom stereocenters. The summed E-state index contributed by atoms with van der Waals surface area (Å²) in [6.45, 7) is 2.83. The molecule has 4 heteroatoms. The van der Waals surface area contributed by atoms with E-state index in [4.69, 9.17) is 4.74 Å². The molecule has 2 heterocycles. The molecule has 1 aliphatic rings. The van der Waals surface area contributed by atoms with E-state index >= 15 is 0 Å². The third-order valence-electron chi connectivity index (χ3n) is 2.87. The third-order valence-corrected chi connectivity index (χ3v) is 2.87. The zero-order valence-corrected chi connectivity index (χ0v) is 9.52. The molecule has 1 aliphatic heterocycles. The van der Waals surface area contributed by atoms with Crippen molar-refractivity contribution in [2.24, 2.45) is 7.05 Å². The lowest BCUT2D eigenvalue weighted by Gasteiger charge is -2.19. The quantitative estimate of drug-likeness (QED) is 0.742. The molecule has 1 atom stereocenters. The van der Waals surface area contributed by atoms with Crippen LogP contribution in [0.5, 0.6) is 0 Å². The van der Waals surface area contributed by atoms with Crippen LogP contribution in [-0.2, 0) is 18.3 Å². The molecule has 0 spiro atoms. The summed E-state index contributed by atoms with van der Waals surface area (Å²) in [6.07, 6.45) is 6.66. The summed E-state index contributed by atoms with van der Waals surface area (Å²) >= 11 is 0. The first-order valence-electron chi connectivity index (χ1n) is 5.52. The Balaban J connectivity index is 1.81. The summed E-state index contributed by atoms with van der Waals surface area (Å²) in [5.74, 6) is 1.11. The monoisotopic (exact) mass is 209 g/mol. The summed E-state index contributed by atoms with van der Waals surface area (Å²) in [6, 6.07) is 0. The Morgan fingerprint density at radius 2 is 2.53 bits per heavy atom. The van der Waals surface area contributed by atoms with Gasteiger partial charge in [0.05, 0.1) is 12.6 Å². The van der Waals surface area contributed by atoms with Crippen molar-refractivity contribution in [1.82, 2.24) is 14.5 Å². The number of likely N-dealkylation sites (N-methyl/N-ethyl adjacent to an activating group) is 1. The van der Waals surface area contributed by atoms with Gasteiger partial charge >= 0.3 is 0 Å². The Morgan fingerprint density at radius 3 is 3.13 bits per heavy atom. The first kappa shape index (κ1) is 10.6. The number of aryl methyl sites for hydroxylation is 1. The fourth-order valence-corrected chi connectivity index (χ4v) is 1.99. The number of rotatable bonds is 4. The second-order valence-electron chi connectivity index (χ2n) is 4.29. The smallest absolute Gasteiger partial charge is 0.122 e. The minimum absolute atomic E-state index is 0.426. The van der Waals surface area contributed by atoms with E-state index in [0.29, 0.717) is 6.10 Å². The molecule has 0 radical (unpaired) electrons. The van der Waals surface area contributed by atoms with Gasteiger partial charge in [-0.2, -0.15) is 0 Å². The van der Waals surface area contributed by atoms with Gasteiger partial charge in [0, 0.05) is 32.6 Å². The Bertz CT molecular complexity index is 305. The molecule has 0 amide bonds. The molecule has 0 N–H and O–H groups in total. The molecule has 2 rings (SSSR count). The van der Waals surface area contributed by atoms with E-state index in [-0.39, 0.29) is 0 Å².